The molecule has 0 fully saturated rings. The van der Waals surface area contributed by atoms with E-state index in [-0.39, 0.29) is 23.7 Å². The Kier molecular flexibility index (Phi) is 6.87. The molecule has 114 valence electrons. The van der Waals surface area contributed by atoms with E-state index in [9.17, 15) is 14.4 Å². The second kappa shape index (κ2) is 8.41. The molecule has 0 saturated heterocycles. The third-order valence-electron chi connectivity index (χ3n) is 2.66. The number of unbranched alkanes of at least 4 members (excludes halogenated alkanes) is 1. The zero-order valence-corrected chi connectivity index (χ0v) is 12.8. The van der Waals surface area contributed by atoms with Crippen molar-refractivity contribution < 1.29 is 19.5 Å². The van der Waals surface area contributed by atoms with Crippen LogP contribution >= 0.6 is 11.8 Å². The number of aromatic amines is 1. The lowest BCUT2D eigenvalue weighted by atomic mass is 10.0. The van der Waals surface area contributed by atoms with Gasteiger partial charge in [0.25, 0.3) is 0 Å². The minimum absolute atomic E-state index is 0.123. The van der Waals surface area contributed by atoms with E-state index in [4.69, 9.17) is 5.11 Å². The lowest BCUT2D eigenvalue weighted by Gasteiger charge is -2.10. The van der Waals surface area contributed by atoms with Crippen LogP contribution in [-0.4, -0.2) is 38.6 Å². The van der Waals surface area contributed by atoms with E-state index >= 15 is 0 Å². The number of nitrogens with zero attached hydrogens (tertiary/aromatic N) is 1. The van der Waals surface area contributed by atoms with E-state index in [1.54, 1.807) is 0 Å². The van der Waals surface area contributed by atoms with Gasteiger partial charge in [-0.3, -0.25) is 19.5 Å². The summed E-state index contributed by atoms with van der Waals surface area (Å²) in [5.74, 6) is -0.659. The zero-order chi connectivity index (χ0) is 15.8. The molecule has 0 radical (unpaired) electrons. The number of ketones is 2. The van der Waals surface area contributed by atoms with Crippen molar-refractivity contribution in [3.05, 3.63) is 28.4 Å². The second-order valence-electron chi connectivity index (χ2n) is 4.06. The second-order valence-corrected chi connectivity index (χ2v) is 5.20. The molecule has 0 unspecified atom stereocenters. The summed E-state index contributed by atoms with van der Waals surface area (Å²) in [6.45, 7) is 4.00. The minimum atomic E-state index is -0.823. The van der Waals surface area contributed by atoms with E-state index in [1.807, 2.05) is 13.8 Å². The Labute approximate surface area is 127 Å². The van der Waals surface area contributed by atoms with E-state index in [2.05, 4.69) is 10.2 Å². The number of fused-ring (bicyclic) bond motifs is 1. The Morgan fingerprint density at radius 3 is 2.71 bits per heavy atom. The van der Waals surface area contributed by atoms with Gasteiger partial charge in [0.2, 0.25) is 11.6 Å². The van der Waals surface area contributed by atoms with Crippen LogP contribution in [0.5, 0.6) is 0 Å². The van der Waals surface area contributed by atoms with Gasteiger partial charge in [-0.1, -0.05) is 13.8 Å². The number of H-pyrrole nitrogens is 1. The smallest absolute Gasteiger partial charge is 0.303 e. The van der Waals surface area contributed by atoms with Gasteiger partial charge in [-0.05, 0) is 18.6 Å². The molecule has 0 aliphatic heterocycles. The predicted octanol–water partition coefficient (Wildman–Crippen LogP) is 2.69. The normalized spacial score (nSPS) is 13.1. The maximum absolute atomic E-state index is 12.0. The third kappa shape index (κ3) is 4.56. The summed E-state index contributed by atoms with van der Waals surface area (Å²) < 4.78 is 0. The summed E-state index contributed by atoms with van der Waals surface area (Å²) in [6, 6.07) is 0. The number of aliphatic carboxylic acids is 1. The van der Waals surface area contributed by atoms with Gasteiger partial charge in [-0.2, -0.15) is 5.10 Å². The van der Waals surface area contributed by atoms with Gasteiger partial charge in [-0.15, -0.1) is 11.8 Å². The van der Waals surface area contributed by atoms with Gasteiger partial charge < -0.3 is 5.11 Å². The largest absolute Gasteiger partial charge is 0.481 e. The van der Waals surface area contributed by atoms with Crippen molar-refractivity contribution >= 4 is 29.3 Å². The molecule has 0 saturated carbocycles. The van der Waals surface area contributed by atoms with Gasteiger partial charge in [0, 0.05) is 12.5 Å². The number of rotatable bonds is 6. The molecule has 21 heavy (non-hydrogen) atoms. The van der Waals surface area contributed by atoms with Crippen LogP contribution in [0.15, 0.2) is 17.2 Å². The van der Waals surface area contributed by atoms with Crippen LogP contribution < -0.4 is 0 Å². The molecule has 0 spiro atoms. The number of carbonyl (C=O) groups excluding carboxylic acids is 2. The number of nitrogens with one attached hydrogen (secondary N) is 1. The Morgan fingerprint density at radius 1 is 1.33 bits per heavy atom. The highest BCUT2D eigenvalue weighted by Gasteiger charge is 2.27. The topological polar surface area (TPSA) is 100 Å². The van der Waals surface area contributed by atoms with Crippen molar-refractivity contribution in [1.82, 2.24) is 10.2 Å². The van der Waals surface area contributed by atoms with Gasteiger partial charge in [-0.25, -0.2) is 0 Å². The Hall–Kier alpha value is -1.89. The first-order valence-electron chi connectivity index (χ1n) is 6.78. The van der Waals surface area contributed by atoms with Gasteiger partial charge in [0.15, 0.2) is 0 Å². The molecule has 1 aromatic heterocycles. The number of hydrogen-bond acceptors (Lipinski definition) is 5. The Bertz CT molecular complexity index is 563. The molecule has 0 amide bonds. The van der Waals surface area contributed by atoms with Crippen LogP contribution in [0.1, 0.15) is 54.0 Å². The molecule has 2 N–H and O–H groups in total. The average molecular weight is 310 g/mol. The molecule has 1 aromatic rings. The molecule has 0 atom stereocenters. The summed E-state index contributed by atoms with van der Waals surface area (Å²) in [5.41, 5.74) is 0.542. The average Bonchev–Trinajstić information content (AvgIpc) is 2.95. The molecule has 1 aliphatic rings. The Morgan fingerprint density at radius 2 is 2.05 bits per heavy atom. The molecule has 6 nitrogen and oxygen atoms in total. The van der Waals surface area contributed by atoms with Gasteiger partial charge in [0.05, 0.1) is 16.7 Å². The molecule has 1 aliphatic carbocycles. The maximum atomic E-state index is 12.0. The van der Waals surface area contributed by atoms with Crippen molar-refractivity contribution in [2.45, 2.75) is 33.1 Å². The lowest BCUT2D eigenvalue weighted by Crippen LogP contribution is -2.14. The molecular formula is C14H18N2O4S. The number of allylic oxidation sites excluding steroid dienone is 2. The van der Waals surface area contributed by atoms with Crippen molar-refractivity contribution in [3.8, 4) is 0 Å². The first-order chi connectivity index (χ1) is 10.1. The number of carbonyl (C=O) groups is 3. The highest BCUT2D eigenvalue weighted by Crippen LogP contribution is 2.27. The quantitative estimate of drug-likeness (QED) is 0.784. The van der Waals surface area contributed by atoms with Crippen LogP contribution in [0.2, 0.25) is 0 Å². The molecule has 1 heterocycles. The molecule has 0 bridgehead atoms. The monoisotopic (exact) mass is 310 g/mol. The standard InChI is InChI=1S/C12H12N2O4S.C2H6/c15-8-5-9(19-4-2-1-3-10(16)17)12(18)7-6-13-14-11(7)8;1-2/h5-6H,1-4H2,(H,13,14)(H,16,17);1-2H3. The minimum Gasteiger partial charge on any atom is -0.481 e. The fraction of sp³-hybridized carbons (Fsp3) is 0.429. The summed E-state index contributed by atoms with van der Waals surface area (Å²) in [5, 5.41) is 14.7. The fourth-order valence-electron chi connectivity index (χ4n) is 1.70. The van der Waals surface area contributed by atoms with Crippen LogP contribution in [0, 0.1) is 0 Å². The van der Waals surface area contributed by atoms with Crippen LogP contribution in [-0.2, 0) is 4.79 Å². The van der Waals surface area contributed by atoms with Crippen LogP contribution in [0.3, 0.4) is 0 Å². The summed E-state index contributed by atoms with van der Waals surface area (Å²) >= 11 is 1.28. The van der Waals surface area contributed by atoms with Crippen LogP contribution in [0.25, 0.3) is 0 Å². The number of Topliss-reactive ketones (excluding diaryl/α,β-unsaturated/α-hetero) is 1. The fourth-order valence-corrected chi connectivity index (χ4v) is 2.70. The van der Waals surface area contributed by atoms with E-state index in [1.165, 1.54) is 24.0 Å². The van der Waals surface area contributed by atoms with Gasteiger partial charge >= 0.3 is 5.97 Å². The lowest BCUT2D eigenvalue weighted by molar-refractivity contribution is -0.137. The zero-order valence-electron chi connectivity index (χ0n) is 12.0. The third-order valence-corrected chi connectivity index (χ3v) is 3.77. The molecular weight excluding hydrogens is 292 g/mol. The number of aromatic nitrogens is 2. The first kappa shape index (κ1) is 17.2. The van der Waals surface area contributed by atoms with Crippen molar-refractivity contribution in [3.63, 3.8) is 0 Å². The summed E-state index contributed by atoms with van der Waals surface area (Å²) in [4.78, 5) is 34.4. The number of hydrogen-bond donors (Lipinski definition) is 2. The van der Waals surface area contributed by atoms with Gasteiger partial charge in [0.1, 0.15) is 5.69 Å². The Balaban J connectivity index is 0.00000106. The number of thioether (sulfide) groups is 1. The first-order valence-corrected chi connectivity index (χ1v) is 7.77. The predicted molar refractivity (Wildman–Crippen MR) is 80.6 cm³/mol. The van der Waals surface area contributed by atoms with E-state index in [0.717, 1.165) is 0 Å². The van der Waals surface area contributed by atoms with Crippen molar-refractivity contribution in [2.75, 3.05) is 5.75 Å². The molecule has 7 heteroatoms. The van der Waals surface area contributed by atoms with Crippen LogP contribution in [0.4, 0.5) is 0 Å². The number of carboxylic acids is 1. The summed E-state index contributed by atoms with van der Waals surface area (Å²) in [7, 11) is 0. The highest BCUT2D eigenvalue weighted by molar-refractivity contribution is 8.04. The summed E-state index contributed by atoms with van der Waals surface area (Å²) in [6.07, 6.45) is 4.04. The molecule has 0 aromatic carbocycles. The van der Waals surface area contributed by atoms with E-state index in [0.29, 0.717) is 29.1 Å². The maximum Gasteiger partial charge on any atom is 0.303 e. The number of carboxylic acid groups (broad SMARTS) is 1. The van der Waals surface area contributed by atoms with E-state index < -0.39 is 5.97 Å². The van der Waals surface area contributed by atoms with Crippen molar-refractivity contribution in [1.29, 1.82) is 0 Å². The SMILES string of the molecule is CC.O=C(O)CCCCSC1=CC(=O)c2[nH]ncc2C1=O. The highest BCUT2D eigenvalue weighted by atomic mass is 32.2. The molecule has 2 rings (SSSR count). The van der Waals surface area contributed by atoms with Crippen molar-refractivity contribution in [2.24, 2.45) is 0 Å².